The molecule has 2 fully saturated rings. The van der Waals surface area contributed by atoms with Crippen LogP contribution >= 0.6 is 11.6 Å². The molecule has 1 spiro atoms. The maximum absolute atomic E-state index is 13.6. The summed E-state index contributed by atoms with van der Waals surface area (Å²) < 4.78 is 26.2. The third-order valence-corrected chi connectivity index (χ3v) is 9.76. The first kappa shape index (κ1) is 21.3. The molecule has 1 aromatic heterocycles. The van der Waals surface area contributed by atoms with Crippen molar-refractivity contribution < 1.29 is 13.2 Å². The SMILES string of the molecule is O=C1CC2(CCCCC2Cc2ccccc2Cl)S(=O)(=O)CCN1Cc1ccncc1. The second-order valence-corrected chi connectivity index (χ2v) is 11.3. The summed E-state index contributed by atoms with van der Waals surface area (Å²) in [4.78, 5) is 19.0. The van der Waals surface area contributed by atoms with Gasteiger partial charge in [-0.05, 0) is 54.5 Å². The number of hydrogen-bond acceptors (Lipinski definition) is 4. The van der Waals surface area contributed by atoms with Crippen LogP contribution in [0.1, 0.15) is 43.2 Å². The Balaban J connectivity index is 1.64. The van der Waals surface area contributed by atoms with Crippen molar-refractivity contribution in [1.29, 1.82) is 0 Å². The minimum atomic E-state index is -3.44. The zero-order valence-corrected chi connectivity index (χ0v) is 18.5. The van der Waals surface area contributed by atoms with E-state index in [0.717, 1.165) is 30.4 Å². The van der Waals surface area contributed by atoms with Crippen molar-refractivity contribution in [2.24, 2.45) is 5.92 Å². The largest absolute Gasteiger partial charge is 0.337 e. The number of sulfone groups is 1. The summed E-state index contributed by atoms with van der Waals surface area (Å²) in [6.07, 6.45) is 7.23. The van der Waals surface area contributed by atoms with Gasteiger partial charge in [0.1, 0.15) is 0 Å². The Morgan fingerprint density at radius 1 is 1.13 bits per heavy atom. The van der Waals surface area contributed by atoms with Crippen LogP contribution in [-0.2, 0) is 27.6 Å². The standard InChI is InChI=1S/C23H27ClN2O3S/c24-21-7-2-1-5-19(21)15-20-6-3-4-10-23(20)16-22(27)26(13-14-30(23,28)29)17-18-8-11-25-12-9-18/h1-2,5,7-9,11-12,20H,3-4,6,10,13-17H2. The lowest BCUT2D eigenvalue weighted by atomic mass is 9.73. The highest BCUT2D eigenvalue weighted by Gasteiger charge is 2.53. The van der Waals surface area contributed by atoms with Crippen LogP contribution in [-0.4, -0.2) is 41.3 Å². The summed E-state index contributed by atoms with van der Waals surface area (Å²) in [6.45, 7) is 0.659. The highest BCUT2D eigenvalue weighted by Crippen LogP contribution is 2.46. The van der Waals surface area contributed by atoms with Gasteiger partial charge >= 0.3 is 0 Å². The lowest BCUT2D eigenvalue weighted by Crippen LogP contribution is -2.50. The van der Waals surface area contributed by atoms with Gasteiger partial charge in [0.25, 0.3) is 0 Å². The van der Waals surface area contributed by atoms with Gasteiger partial charge in [-0.25, -0.2) is 8.42 Å². The van der Waals surface area contributed by atoms with E-state index in [0.29, 0.717) is 24.4 Å². The average molecular weight is 447 g/mol. The fourth-order valence-electron chi connectivity index (χ4n) is 5.05. The molecular weight excluding hydrogens is 420 g/mol. The highest BCUT2D eigenvalue weighted by molar-refractivity contribution is 7.92. The van der Waals surface area contributed by atoms with E-state index in [9.17, 15) is 13.2 Å². The van der Waals surface area contributed by atoms with E-state index in [1.807, 2.05) is 36.4 Å². The van der Waals surface area contributed by atoms with E-state index >= 15 is 0 Å². The minimum Gasteiger partial charge on any atom is -0.337 e. The third-order valence-electron chi connectivity index (χ3n) is 6.75. The molecule has 1 saturated carbocycles. The Morgan fingerprint density at radius 2 is 1.90 bits per heavy atom. The zero-order chi connectivity index (χ0) is 21.2. The van der Waals surface area contributed by atoms with Crippen LogP contribution in [0.4, 0.5) is 0 Å². The smallest absolute Gasteiger partial charge is 0.224 e. The van der Waals surface area contributed by atoms with Crippen molar-refractivity contribution in [3.63, 3.8) is 0 Å². The molecule has 4 rings (SSSR count). The lowest BCUT2D eigenvalue weighted by Gasteiger charge is -2.42. The predicted octanol–water partition coefficient (Wildman–Crippen LogP) is 4.05. The summed E-state index contributed by atoms with van der Waals surface area (Å²) in [5.41, 5.74) is 1.92. The van der Waals surface area contributed by atoms with Crippen molar-refractivity contribution in [2.75, 3.05) is 12.3 Å². The summed E-state index contributed by atoms with van der Waals surface area (Å²) in [5, 5.41) is 0.662. The molecule has 5 nitrogen and oxygen atoms in total. The lowest BCUT2D eigenvalue weighted by molar-refractivity contribution is -0.132. The number of aromatic nitrogens is 1. The molecule has 0 radical (unpaired) electrons. The van der Waals surface area contributed by atoms with E-state index in [4.69, 9.17) is 11.6 Å². The normalized spacial score (nSPS) is 26.5. The van der Waals surface area contributed by atoms with Gasteiger partial charge in [0.2, 0.25) is 5.91 Å². The molecule has 30 heavy (non-hydrogen) atoms. The first-order valence-electron chi connectivity index (χ1n) is 10.5. The molecule has 1 aliphatic heterocycles. The fraction of sp³-hybridized carbons (Fsp3) is 0.478. The highest BCUT2D eigenvalue weighted by atomic mass is 35.5. The van der Waals surface area contributed by atoms with E-state index in [-0.39, 0.29) is 30.5 Å². The van der Waals surface area contributed by atoms with Gasteiger partial charge in [-0.3, -0.25) is 9.78 Å². The molecule has 2 heterocycles. The van der Waals surface area contributed by atoms with E-state index in [1.165, 1.54) is 0 Å². The van der Waals surface area contributed by atoms with Gasteiger partial charge in [0.05, 0.1) is 10.5 Å². The Labute approximate surface area is 183 Å². The molecule has 1 saturated heterocycles. The number of halogens is 1. The molecule has 7 heteroatoms. The van der Waals surface area contributed by atoms with Crippen LogP contribution in [0.5, 0.6) is 0 Å². The van der Waals surface area contributed by atoms with Crippen LogP contribution in [0.3, 0.4) is 0 Å². The van der Waals surface area contributed by atoms with Gasteiger partial charge in [-0.2, -0.15) is 0 Å². The Kier molecular flexibility index (Phi) is 6.16. The number of amides is 1. The molecule has 1 aromatic carbocycles. The topological polar surface area (TPSA) is 67.3 Å². The summed E-state index contributed by atoms with van der Waals surface area (Å²) in [5.74, 6) is -0.150. The summed E-state index contributed by atoms with van der Waals surface area (Å²) >= 11 is 6.39. The summed E-state index contributed by atoms with van der Waals surface area (Å²) in [6, 6.07) is 11.3. The van der Waals surface area contributed by atoms with Crippen molar-refractivity contribution in [3.8, 4) is 0 Å². The van der Waals surface area contributed by atoms with Gasteiger partial charge < -0.3 is 4.90 Å². The van der Waals surface area contributed by atoms with Gasteiger partial charge in [-0.15, -0.1) is 0 Å². The molecule has 0 bridgehead atoms. The van der Waals surface area contributed by atoms with Crippen molar-refractivity contribution in [1.82, 2.24) is 9.88 Å². The van der Waals surface area contributed by atoms with E-state index in [2.05, 4.69) is 4.98 Å². The fourth-order valence-corrected chi connectivity index (χ4v) is 7.64. The quantitative estimate of drug-likeness (QED) is 0.710. The van der Waals surface area contributed by atoms with Gasteiger partial charge in [-0.1, -0.05) is 42.6 Å². The van der Waals surface area contributed by atoms with Gasteiger partial charge in [0.15, 0.2) is 9.84 Å². The number of pyridine rings is 1. The van der Waals surface area contributed by atoms with Crippen LogP contribution in [0.25, 0.3) is 0 Å². The van der Waals surface area contributed by atoms with Crippen LogP contribution in [0.2, 0.25) is 5.02 Å². The van der Waals surface area contributed by atoms with Crippen molar-refractivity contribution in [3.05, 3.63) is 64.9 Å². The molecule has 2 atom stereocenters. The zero-order valence-electron chi connectivity index (χ0n) is 17.0. The first-order valence-corrected chi connectivity index (χ1v) is 12.6. The number of rotatable bonds is 4. The molecule has 2 unspecified atom stereocenters. The first-order chi connectivity index (χ1) is 14.4. The molecule has 1 aliphatic carbocycles. The van der Waals surface area contributed by atoms with Crippen LogP contribution < -0.4 is 0 Å². The number of benzene rings is 1. The third kappa shape index (κ3) is 4.12. The maximum atomic E-state index is 13.6. The van der Waals surface area contributed by atoms with E-state index in [1.54, 1.807) is 17.3 Å². The molecule has 0 N–H and O–H groups in total. The number of carbonyl (C=O) groups excluding carboxylic acids is 1. The number of carbonyl (C=O) groups is 1. The number of nitrogens with zero attached hydrogens (tertiary/aromatic N) is 2. The second-order valence-electron chi connectivity index (χ2n) is 8.47. The molecule has 2 aliphatic rings. The molecule has 160 valence electrons. The Hall–Kier alpha value is -1.92. The van der Waals surface area contributed by atoms with Crippen LogP contribution in [0.15, 0.2) is 48.8 Å². The summed E-state index contributed by atoms with van der Waals surface area (Å²) in [7, 11) is -3.44. The molecule has 1 amide bonds. The Morgan fingerprint density at radius 3 is 2.67 bits per heavy atom. The maximum Gasteiger partial charge on any atom is 0.224 e. The van der Waals surface area contributed by atoms with Gasteiger partial charge in [0, 0.05) is 36.9 Å². The minimum absolute atomic E-state index is 0.0167. The predicted molar refractivity (Wildman–Crippen MR) is 118 cm³/mol. The molecular formula is C23H27ClN2O3S. The average Bonchev–Trinajstić information content (AvgIpc) is 2.82. The van der Waals surface area contributed by atoms with Crippen molar-refractivity contribution in [2.45, 2.75) is 49.8 Å². The van der Waals surface area contributed by atoms with E-state index < -0.39 is 14.6 Å². The molecule has 2 aromatic rings. The monoisotopic (exact) mass is 446 g/mol. The Bertz CT molecular complexity index is 1010. The van der Waals surface area contributed by atoms with Crippen molar-refractivity contribution >= 4 is 27.3 Å². The second kappa shape index (κ2) is 8.67. The van der Waals surface area contributed by atoms with Crippen LogP contribution in [0, 0.1) is 5.92 Å². The number of hydrogen-bond donors (Lipinski definition) is 0.